The summed E-state index contributed by atoms with van der Waals surface area (Å²) in [5.41, 5.74) is 7.01. The molecule has 0 saturated carbocycles. The molecule has 0 atom stereocenters. The molecule has 32 heavy (non-hydrogen) atoms. The maximum atomic E-state index is 10.9. The third-order valence-corrected chi connectivity index (χ3v) is 11.4. The molecular weight excluding hydrogens is 424 g/mol. The lowest BCUT2D eigenvalue weighted by atomic mass is 10.2. The molecule has 166 valence electrons. The minimum Gasteiger partial charge on any atom is -0.298 e. The molecule has 0 aliphatic carbocycles. The van der Waals surface area contributed by atoms with E-state index in [1.54, 1.807) is 0 Å². The Kier molecular flexibility index (Phi) is 7.80. The van der Waals surface area contributed by atoms with Gasteiger partial charge in [-0.05, 0) is 24.2 Å². The van der Waals surface area contributed by atoms with Crippen LogP contribution in [0.15, 0.2) is 72.8 Å². The summed E-state index contributed by atoms with van der Waals surface area (Å²) >= 11 is 0. The minimum atomic E-state index is -1.44. The number of hydrogen-bond acceptors (Lipinski definition) is 2. The number of rotatable bonds is 10. The first-order valence-electron chi connectivity index (χ1n) is 11.3. The molecule has 3 rings (SSSR count). The highest BCUT2D eigenvalue weighted by Crippen LogP contribution is 2.21. The van der Waals surface area contributed by atoms with Gasteiger partial charge in [-0.2, -0.15) is 0 Å². The number of benzene rings is 3. The highest BCUT2D eigenvalue weighted by molar-refractivity contribution is 6.76. The van der Waals surface area contributed by atoms with Gasteiger partial charge < -0.3 is 0 Å². The number of carbonyl (C=O) groups is 2. The molecule has 0 heterocycles. The molecule has 0 aromatic heterocycles. The summed E-state index contributed by atoms with van der Waals surface area (Å²) in [6, 6.07) is 29.9. The topological polar surface area (TPSA) is 34.1 Å². The lowest BCUT2D eigenvalue weighted by molar-refractivity contribution is 0.111. The third-order valence-electron chi connectivity index (χ3n) is 5.99. The molecule has 0 unspecified atom stereocenters. The van der Waals surface area contributed by atoms with Gasteiger partial charge in [0.05, 0.1) is 16.1 Å². The first kappa shape index (κ1) is 24.1. The Labute approximate surface area is 194 Å². The molecule has 0 fully saturated rings. The van der Waals surface area contributed by atoms with Crippen LogP contribution >= 0.6 is 0 Å². The molecule has 0 N–H and O–H groups in total. The zero-order valence-electron chi connectivity index (χ0n) is 19.7. The Morgan fingerprint density at radius 2 is 0.688 bits per heavy atom. The van der Waals surface area contributed by atoms with Crippen LogP contribution < -0.4 is 0 Å². The van der Waals surface area contributed by atoms with Crippen LogP contribution in [-0.4, -0.2) is 28.7 Å². The Hall–Kier alpha value is -2.57. The molecule has 0 aliphatic heterocycles. The standard InChI is InChI=1S/C28H34O2Si2/c1-31(2,19-25-9-5-23(17-29)6-10-25)21-27-13-15-28(16-14-27)22-32(3,4)20-26-11-7-24(18-30)8-12-26/h5-18H,19-22H2,1-4H3. The Balaban J connectivity index is 1.59. The second kappa shape index (κ2) is 10.4. The minimum absolute atomic E-state index is 0.744. The fourth-order valence-electron chi connectivity index (χ4n) is 4.54. The molecule has 3 aromatic rings. The normalized spacial score (nSPS) is 11.9. The van der Waals surface area contributed by atoms with Crippen molar-refractivity contribution in [2.45, 2.75) is 50.4 Å². The fraction of sp³-hybridized carbons (Fsp3) is 0.286. The van der Waals surface area contributed by atoms with E-state index in [1.165, 1.54) is 22.3 Å². The van der Waals surface area contributed by atoms with E-state index in [9.17, 15) is 9.59 Å². The van der Waals surface area contributed by atoms with Crippen LogP contribution in [0.4, 0.5) is 0 Å². The highest BCUT2D eigenvalue weighted by Gasteiger charge is 2.23. The lowest BCUT2D eigenvalue weighted by Crippen LogP contribution is -2.33. The monoisotopic (exact) mass is 458 g/mol. The van der Waals surface area contributed by atoms with Gasteiger partial charge in [0, 0.05) is 11.1 Å². The first-order chi connectivity index (χ1) is 15.2. The second-order valence-corrected chi connectivity index (χ2v) is 20.6. The summed E-state index contributed by atoms with van der Waals surface area (Å²) in [4.78, 5) is 21.7. The maximum absolute atomic E-state index is 10.9. The maximum Gasteiger partial charge on any atom is 0.150 e. The van der Waals surface area contributed by atoms with Crippen molar-refractivity contribution >= 4 is 28.7 Å². The molecule has 0 bridgehead atoms. The van der Waals surface area contributed by atoms with Crippen molar-refractivity contribution < 1.29 is 9.59 Å². The van der Waals surface area contributed by atoms with Crippen LogP contribution in [0.1, 0.15) is 43.0 Å². The average Bonchev–Trinajstić information content (AvgIpc) is 2.75. The predicted molar refractivity (Wildman–Crippen MR) is 140 cm³/mol. The SMILES string of the molecule is C[Si](C)(Cc1ccc(C=O)cc1)Cc1ccc(C[Si](C)(C)Cc2ccc(C=O)cc2)cc1. The lowest BCUT2D eigenvalue weighted by Gasteiger charge is -2.24. The molecule has 0 amide bonds. The number of hydrogen-bond donors (Lipinski definition) is 0. The fourth-order valence-corrected chi connectivity index (χ4v) is 10.2. The van der Waals surface area contributed by atoms with Crippen molar-refractivity contribution in [3.8, 4) is 0 Å². The largest absolute Gasteiger partial charge is 0.298 e. The van der Waals surface area contributed by atoms with E-state index in [2.05, 4.69) is 74.7 Å². The molecule has 3 aromatic carbocycles. The molecule has 0 radical (unpaired) electrons. The van der Waals surface area contributed by atoms with E-state index in [0.717, 1.165) is 47.9 Å². The van der Waals surface area contributed by atoms with Crippen molar-refractivity contribution in [2.75, 3.05) is 0 Å². The van der Waals surface area contributed by atoms with Gasteiger partial charge in [-0.1, -0.05) is 121 Å². The predicted octanol–water partition coefficient (Wildman–Crippen LogP) is 6.46. The molecule has 0 aliphatic rings. The third kappa shape index (κ3) is 7.25. The van der Waals surface area contributed by atoms with E-state index in [4.69, 9.17) is 0 Å². The van der Waals surface area contributed by atoms with Gasteiger partial charge in [-0.15, -0.1) is 0 Å². The van der Waals surface area contributed by atoms with Gasteiger partial charge in [0.1, 0.15) is 12.6 Å². The molecule has 0 spiro atoms. The zero-order valence-corrected chi connectivity index (χ0v) is 21.7. The quantitative estimate of drug-likeness (QED) is 0.258. The van der Waals surface area contributed by atoms with Crippen molar-refractivity contribution in [1.82, 2.24) is 0 Å². The Morgan fingerprint density at radius 3 is 0.906 bits per heavy atom. The van der Waals surface area contributed by atoms with Gasteiger partial charge in [-0.25, -0.2) is 0 Å². The first-order valence-corrected chi connectivity index (χ1v) is 18.2. The van der Waals surface area contributed by atoms with Gasteiger partial charge in [0.15, 0.2) is 0 Å². The summed E-state index contributed by atoms with van der Waals surface area (Å²) in [7, 11) is -2.88. The highest BCUT2D eigenvalue weighted by atomic mass is 28.3. The van der Waals surface area contributed by atoms with E-state index in [-0.39, 0.29) is 0 Å². The Bertz CT molecular complexity index is 948. The van der Waals surface area contributed by atoms with E-state index >= 15 is 0 Å². The van der Waals surface area contributed by atoms with Crippen molar-refractivity contribution in [1.29, 1.82) is 0 Å². The van der Waals surface area contributed by atoms with Crippen LogP contribution in [0, 0.1) is 0 Å². The van der Waals surface area contributed by atoms with Gasteiger partial charge in [-0.3, -0.25) is 9.59 Å². The summed E-state index contributed by atoms with van der Waals surface area (Å²) in [5.74, 6) is 0. The molecule has 0 saturated heterocycles. The van der Waals surface area contributed by atoms with E-state index < -0.39 is 16.1 Å². The summed E-state index contributed by atoms with van der Waals surface area (Å²) in [6.45, 7) is 9.78. The van der Waals surface area contributed by atoms with E-state index in [1.807, 2.05) is 24.3 Å². The van der Waals surface area contributed by atoms with Crippen molar-refractivity contribution in [2.24, 2.45) is 0 Å². The van der Waals surface area contributed by atoms with Crippen LogP contribution in [0.2, 0.25) is 26.2 Å². The molecule has 4 heteroatoms. The van der Waals surface area contributed by atoms with Crippen molar-refractivity contribution in [3.63, 3.8) is 0 Å². The van der Waals surface area contributed by atoms with Gasteiger partial charge >= 0.3 is 0 Å². The number of aldehydes is 2. The molecular formula is C28H34O2Si2. The van der Waals surface area contributed by atoms with Crippen LogP contribution in [-0.2, 0) is 24.2 Å². The Morgan fingerprint density at radius 1 is 0.469 bits per heavy atom. The van der Waals surface area contributed by atoms with Gasteiger partial charge in [0.2, 0.25) is 0 Å². The zero-order chi connectivity index (χ0) is 23.2. The van der Waals surface area contributed by atoms with Crippen LogP contribution in [0.25, 0.3) is 0 Å². The second-order valence-electron chi connectivity index (χ2n) is 10.6. The van der Waals surface area contributed by atoms with Crippen molar-refractivity contribution in [3.05, 3.63) is 106 Å². The smallest absolute Gasteiger partial charge is 0.150 e. The summed E-state index contributed by atoms with van der Waals surface area (Å²) in [6.07, 6.45) is 1.81. The van der Waals surface area contributed by atoms with Crippen LogP contribution in [0.3, 0.4) is 0 Å². The number of carbonyl (C=O) groups excluding carboxylic acids is 2. The molecule has 2 nitrogen and oxygen atoms in total. The summed E-state index contributed by atoms with van der Waals surface area (Å²) in [5, 5.41) is 0. The summed E-state index contributed by atoms with van der Waals surface area (Å²) < 4.78 is 0. The van der Waals surface area contributed by atoms with Gasteiger partial charge in [0.25, 0.3) is 0 Å². The van der Waals surface area contributed by atoms with Crippen LogP contribution in [0.5, 0.6) is 0 Å². The average molecular weight is 459 g/mol. The van der Waals surface area contributed by atoms with E-state index in [0.29, 0.717) is 0 Å².